The van der Waals surface area contributed by atoms with Gasteiger partial charge in [0.2, 0.25) is 5.88 Å². The van der Waals surface area contributed by atoms with E-state index in [1.165, 1.54) is 0 Å². The van der Waals surface area contributed by atoms with Crippen LogP contribution >= 0.6 is 0 Å². The van der Waals surface area contributed by atoms with E-state index < -0.39 is 0 Å². The van der Waals surface area contributed by atoms with E-state index in [0.717, 1.165) is 11.1 Å². The Labute approximate surface area is 174 Å². The van der Waals surface area contributed by atoms with Gasteiger partial charge in [-0.2, -0.15) is 4.98 Å². The van der Waals surface area contributed by atoms with Crippen molar-refractivity contribution in [2.24, 2.45) is 0 Å². The highest BCUT2D eigenvalue weighted by molar-refractivity contribution is 6.04. The quantitative estimate of drug-likeness (QED) is 0.529. The number of hydrogen-bond acceptors (Lipinski definition) is 5. The molecule has 30 heavy (non-hydrogen) atoms. The molecule has 1 amide bonds. The van der Waals surface area contributed by atoms with Gasteiger partial charge in [-0.1, -0.05) is 17.2 Å². The maximum absolute atomic E-state index is 12.5. The Morgan fingerprint density at radius 1 is 0.967 bits per heavy atom. The molecule has 0 saturated heterocycles. The average Bonchev–Trinajstić information content (AvgIpc) is 3.23. The number of amides is 1. The number of rotatable bonds is 5. The number of aromatic nitrogens is 4. The van der Waals surface area contributed by atoms with Crippen LogP contribution in [0.4, 0.5) is 5.69 Å². The molecule has 0 fully saturated rings. The van der Waals surface area contributed by atoms with Crippen molar-refractivity contribution in [3.05, 3.63) is 89.8 Å². The summed E-state index contributed by atoms with van der Waals surface area (Å²) in [4.78, 5) is 25.3. The second-order valence-electron chi connectivity index (χ2n) is 7.04. The summed E-state index contributed by atoms with van der Waals surface area (Å²) in [6.07, 6.45) is 5.15. The fourth-order valence-electron chi connectivity index (χ4n) is 3.14. The van der Waals surface area contributed by atoms with Gasteiger partial charge in [0.1, 0.15) is 23.7 Å². The number of imidazole rings is 1. The molecule has 7 nitrogen and oxygen atoms in total. The number of ether oxygens (including phenoxy) is 1. The Morgan fingerprint density at radius 2 is 1.70 bits per heavy atom. The zero-order valence-electron chi connectivity index (χ0n) is 17.0. The van der Waals surface area contributed by atoms with Crippen LogP contribution in [-0.4, -0.2) is 25.4 Å². The maximum atomic E-state index is 12.5. The molecular weight excluding hydrogens is 378 g/mol. The molecule has 4 aromatic rings. The predicted molar refractivity (Wildman–Crippen MR) is 114 cm³/mol. The minimum Gasteiger partial charge on any atom is -0.439 e. The molecule has 0 aliphatic carbocycles. The van der Waals surface area contributed by atoms with Crippen LogP contribution in [0.15, 0.2) is 67.3 Å². The molecule has 0 radical (unpaired) electrons. The molecule has 0 saturated carbocycles. The van der Waals surface area contributed by atoms with Crippen molar-refractivity contribution >= 4 is 11.6 Å². The van der Waals surface area contributed by atoms with E-state index in [2.05, 4.69) is 20.3 Å². The lowest BCUT2D eigenvalue weighted by molar-refractivity contribution is 0.102. The third-order valence-electron chi connectivity index (χ3n) is 4.39. The number of carbonyl (C=O) groups excluding carboxylic acids is 1. The van der Waals surface area contributed by atoms with Gasteiger partial charge in [-0.3, -0.25) is 9.36 Å². The van der Waals surface area contributed by atoms with E-state index in [1.54, 1.807) is 60.5 Å². The number of carbonyl (C=O) groups is 1. The molecule has 0 unspecified atom stereocenters. The van der Waals surface area contributed by atoms with Crippen LogP contribution in [0.25, 0.3) is 5.82 Å². The topological polar surface area (TPSA) is 81.9 Å². The lowest BCUT2D eigenvalue weighted by atomic mass is 10.1. The van der Waals surface area contributed by atoms with Crippen LogP contribution in [-0.2, 0) is 0 Å². The molecule has 4 rings (SSSR count). The van der Waals surface area contributed by atoms with E-state index in [-0.39, 0.29) is 5.91 Å². The predicted octanol–water partition coefficient (Wildman–Crippen LogP) is 4.63. The van der Waals surface area contributed by atoms with Gasteiger partial charge in [0.05, 0.1) is 0 Å². The molecule has 1 N–H and O–H groups in total. The van der Waals surface area contributed by atoms with Crippen molar-refractivity contribution in [3.63, 3.8) is 0 Å². The van der Waals surface area contributed by atoms with Gasteiger partial charge >= 0.3 is 0 Å². The first-order valence-electron chi connectivity index (χ1n) is 9.48. The molecule has 7 heteroatoms. The largest absolute Gasteiger partial charge is 0.439 e. The van der Waals surface area contributed by atoms with Crippen LogP contribution in [0.5, 0.6) is 11.6 Å². The molecule has 0 spiro atoms. The van der Waals surface area contributed by atoms with Gasteiger partial charge in [0.15, 0.2) is 0 Å². The van der Waals surface area contributed by atoms with Crippen LogP contribution in [0, 0.1) is 20.8 Å². The van der Waals surface area contributed by atoms with E-state index in [4.69, 9.17) is 4.74 Å². The molecule has 0 aliphatic heterocycles. The smallest absolute Gasteiger partial charge is 0.255 e. The number of hydrogen-bond donors (Lipinski definition) is 1. The van der Waals surface area contributed by atoms with Crippen molar-refractivity contribution < 1.29 is 9.53 Å². The lowest BCUT2D eigenvalue weighted by Gasteiger charge is -2.10. The standard InChI is InChI=1S/C23H21N5O2/c1-15-10-16(2)12-18(11-15)23(29)27-19-4-6-20(7-5-19)30-22-13-21(25-17(3)26-22)28-9-8-24-14-28/h4-14H,1-3H3,(H,27,29). The molecule has 2 heterocycles. The van der Waals surface area contributed by atoms with Gasteiger partial charge in [0.25, 0.3) is 5.91 Å². The minimum atomic E-state index is -0.146. The number of nitrogens with one attached hydrogen (secondary N) is 1. The highest BCUT2D eigenvalue weighted by atomic mass is 16.5. The summed E-state index contributed by atoms with van der Waals surface area (Å²) in [5, 5.41) is 2.91. The van der Waals surface area contributed by atoms with Crippen molar-refractivity contribution in [1.29, 1.82) is 0 Å². The summed E-state index contributed by atoms with van der Waals surface area (Å²) in [6.45, 7) is 5.75. The Kier molecular flexibility index (Phi) is 5.26. The molecule has 0 atom stereocenters. The highest BCUT2D eigenvalue weighted by Crippen LogP contribution is 2.23. The van der Waals surface area contributed by atoms with Crippen molar-refractivity contribution in [3.8, 4) is 17.4 Å². The third-order valence-corrected chi connectivity index (χ3v) is 4.39. The highest BCUT2D eigenvalue weighted by Gasteiger charge is 2.09. The zero-order chi connectivity index (χ0) is 21.1. The van der Waals surface area contributed by atoms with E-state index in [1.807, 2.05) is 32.0 Å². The summed E-state index contributed by atoms with van der Waals surface area (Å²) >= 11 is 0. The SMILES string of the molecule is Cc1cc(C)cc(C(=O)Nc2ccc(Oc3cc(-n4ccnc4)nc(C)n3)cc2)c1. The van der Waals surface area contributed by atoms with Crippen LogP contribution < -0.4 is 10.1 Å². The fraction of sp³-hybridized carbons (Fsp3) is 0.130. The van der Waals surface area contributed by atoms with Gasteiger partial charge in [0, 0.05) is 29.7 Å². The van der Waals surface area contributed by atoms with Gasteiger partial charge in [-0.05, 0) is 57.2 Å². The van der Waals surface area contributed by atoms with Crippen LogP contribution in [0.1, 0.15) is 27.3 Å². The molecule has 2 aromatic carbocycles. The Bertz CT molecular complexity index is 1160. The Hall–Kier alpha value is -4.00. The number of anilines is 1. The van der Waals surface area contributed by atoms with Crippen LogP contribution in [0.2, 0.25) is 0 Å². The van der Waals surface area contributed by atoms with E-state index >= 15 is 0 Å². The second-order valence-corrected chi connectivity index (χ2v) is 7.04. The lowest BCUT2D eigenvalue weighted by Crippen LogP contribution is -2.12. The Balaban J connectivity index is 1.47. The number of aryl methyl sites for hydroxylation is 3. The number of benzene rings is 2. The second kappa shape index (κ2) is 8.16. The summed E-state index contributed by atoms with van der Waals surface area (Å²) in [7, 11) is 0. The summed E-state index contributed by atoms with van der Waals surface area (Å²) < 4.78 is 7.66. The van der Waals surface area contributed by atoms with E-state index in [0.29, 0.717) is 34.5 Å². The zero-order valence-corrected chi connectivity index (χ0v) is 17.0. The number of nitrogens with zero attached hydrogens (tertiary/aromatic N) is 4. The average molecular weight is 399 g/mol. The minimum absolute atomic E-state index is 0.146. The Morgan fingerprint density at radius 3 is 2.37 bits per heavy atom. The molecular formula is C23H21N5O2. The van der Waals surface area contributed by atoms with Gasteiger partial charge in [-0.25, -0.2) is 9.97 Å². The summed E-state index contributed by atoms with van der Waals surface area (Å²) in [5.41, 5.74) is 3.43. The summed E-state index contributed by atoms with van der Waals surface area (Å²) in [6, 6.07) is 14.7. The van der Waals surface area contributed by atoms with Crippen molar-refractivity contribution in [2.75, 3.05) is 5.32 Å². The van der Waals surface area contributed by atoms with Crippen LogP contribution in [0.3, 0.4) is 0 Å². The fourth-order valence-corrected chi connectivity index (χ4v) is 3.14. The van der Waals surface area contributed by atoms with Crippen molar-refractivity contribution in [2.45, 2.75) is 20.8 Å². The first kappa shape index (κ1) is 19.3. The molecule has 150 valence electrons. The summed E-state index contributed by atoms with van der Waals surface area (Å²) in [5.74, 6) is 2.15. The first-order chi connectivity index (χ1) is 14.5. The van der Waals surface area contributed by atoms with Gasteiger partial charge < -0.3 is 10.1 Å². The molecule has 0 aliphatic rings. The third kappa shape index (κ3) is 4.52. The van der Waals surface area contributed by atoms with Crippen molar-refractivity contribution in [1.82, 2.24) is 19.5 Å². The molecule has 2 aromatic heterocycles. The first-order valence-corrected chi connectivity index (χ1v) is 9.48. The van der Waals surface area contributed by atoms with Gasteiger partial charge in [-0.15, -0.1) is 0 Å². The molecule has 0 bridgehead atoms. The normalized spacial score (nSPS) is 10.6. The van der Waals surface area contributed by atoms with E-state index in [9.17, 15) is 4.79 Å². The monoisotopic (exact) mass is 399 g/mol. The maximum Gasteiger partial charge on any atom is 0.255 e.